The predicted molar refractivity (Wildman–Crippen MR) is 78.8 cm³/mol. The standard InChI is InChI=1S/C15H18N4O2/c1-15(2,10-5-7-11(16)8-6-10)13(20)17-14-19-18-12(21-14)9-3-4-9/h5-9H,3-4,16H2,1-2H3,(H,17,19,20). The Bertz CT molecular complexity index is 657. The topological polar surface area (TPSA) is 94.0 Å². The highest BCUT2D eigenvalue weighted by atomic mass is 16.4. The number of rotatable bonds is 4. The number of hydrogen-bond donors (Lipinski definition) is 2. The molecule has 1 fully saturated rings. The van der Waals surface area contributed by atoms with Crippen molar-refractivity contribution < 1.29 is 9.21 Å². The van der Waals surface area contributed by atoms with Gasteiger partial charge >= 0.3 is 6.01 Å². The molecule has 3 rings (SSSR count). The normalized spacial score (nSPS) is 15.0. The number of anilines is 2. The summed E-state index contributed by atoms with van der Waals surface area (Å²) in [5, 5.41) is 10.5. The third-order valence-electron chi connectivity index (χ3n) is 3.79. The van der Waals surface area contributed by atoms with Gasteiger partial charge in [0.2, 0.25) is 11.8 Å². The van der Waals surface area contributed by atoms with Gasteiger partial charge in [0.05, 0.1) is 5.41 Å². The summed E-state index contributed by atoms with van der Waals surface area (Å²) in [7, 11) is 0. The smallest absolute Gasteiger partial charge is 0.322 e. The zero-order chi connectivity index (χ0) is 15.0. The fraction of sp³-hybridized carbons (Fsp3) is 0.400. The third kappa shape index (κ3) is 2.74. The summed E-state index contributed by atoms with van der Waals surface area (Å²) in [5.41, 5.74) is 6.49. The molecule has 1 aromatic heterocycles. The Hall–Kier alpha value is -2.37. The molecule has 21 heavy (non-hydrogen) atoms. The van der Waals surface area contributed by atoms with Crippen LogP contribution in [-0.4, -0.2) is 16.1 Å². The van der Waals surface area contributed by atoms with E-state index in [0.717, 1.165) is 18.4 Å². The van der Waals surface area contributed by atoms with E-state index in [2.05, 4.69) is 15.5 Å². The van der Waals surface area contributed by atoms with Crippen molar-refractivity contribution in [3.05, 3.63) is 35.7 Å². The van der Waals surface area contributed by atoms with Gasteiger partial charge in [0, 0.05) is 11.6 Å². The predicted octanol–water partition coefficient (Wildman–Crippen LogP) is 2.45. The van der Waals surface area contributed by atoms with Gasteiger partial charge in [-0.3, -0.25) is 10.1 Å². The maximum absolute atomic E-state index is 12.4. The number of carbonyl (C=O) groups is 1. The van der Waals surface area contributed by atoms with Crippen LogP contribution in [0.25, 0.3) is 0 Å². The molecular formula is C15H18N4O2. The van der Waals surface area contributed by atoms with Crippen molar-refractivity contribution in [3.63, 3.8) is 0 Å². The van der Waals surface area contributed by atoms with Crippen molar-refractivity contribution in [2.45, 2.75) is 38.0 Å². The molecule has 1 aromatic carbocycles. The largest absolute Gasteiger partial charge is 0.408 e. The quantitative estimate of drug-likeness (QED) is 0.842. The minimum atomic E-state index is -0.720. The SMILES string of the molecule is CC(C)(C(=O)Nc1nnc(C2CC2)o1)c1ccc(N)cc1. The van der Waals surface area contributed by atoms with Crippen molar-refractivity contribution >= 4 is 17.6 Å². The van der Waals surface area contributed by atoms with Gasteiger partial charge in [0.15, 0.2) is 0 Å². The molecule has 0 saturated heterocycles. The van der Waals surface area contributed by atoms with Gasteiger partial charge in [0.25, 0.3) is 0 Å². The second-order valence-electron chi connectivity index (χ2n) is 5.92. The van der Waals surface area contributed by atoms with E-state index in [1.807, 2.05) is 26.0 Å². The molecule has 6 heteroatoms. The number of nitrogens with one attached hydrogen (secondary N) is 1. The minimum Gasteiger partial charge on any atom is -0.408 e. The van der Waals surface area contributed by atoms with E-state index < -0.39 is 5.41 Å². The van der Waals surface area contributed by atoms with Crippen molar-refractivity contribution in [1.82, 2.24) is 10.2 Å². The number of amides is 1. The Kier molecular flexibility index (Phi) is 3.16. The fourth-order valence-corrected chi connectivity index (χ4v) is 2.06. The van der Waals surface area contributed by atoms with E-state index in [1.54, 1.807) is 12.1 Å². The number of carbonyl (C=O) groups excluding carboxylic acids is 1. The highest BCUT2D eigenvalue weighted by Crippen LogP contribution is 2.39. The summed E-state index contributed by atoms with van der Waals surface area (Å²) in [6.07, 6.45) is 2.15. The van der Waals surface area contributed by atoms with E-state index >= 15 is 0 Å². The lowest BCUT2D eigenvalue weighted by atomic mass is 9.83. The number of nitrogens with two attached hydrogens (primary N) is 1. The summed E-state index contributed by atoms with van der Waals surface area (Å²) in [6, 6.07) is 7.41. The number of aromatic nitrogens is 2. The van der Waals surface area contributed by atoms with E-state index in [0.29, 0.717) is 17.5 Å². The zero-order valence-electron chi connectivity index (χ0n) is 12.1. The Morgan fingerprint density at radius 2 is 1.95 bits per heavy atom. The Morgan fingerprint density at radius 1 is 1.29 bits per heavy atom. The maximum Gasteiger partial charge on any atom is 0.322 e. The van der Waals surface area contributed by atoms with E-state index in [-0.39, 0.29) is 11.9 Å². The Labute approximate surface area is 122 Å². The van der Waals surface area contributed by atoms with Gasteiger partial charge < -0.3 is 10.2 Å². The van der Waals surface area contributed by atoms with Gasteiger partial charge in [0.1, 0.15) is 0 Å². The zero-order valence-corrected chi connectivity index (χ0v) is 12.1. The molecule has 0 radical (unpaired) electrons. The van der Waals surface area contributed by atoms with Gasteiger partial charge in [-0.1, -0.05) is 17.2 Å². The van der Waals surface area contributed by atoms with Crippen LogP contribution < -0.4 is 11.1 Å². The van der Waals surface area contributed by atoms with Crippen LogP contribution in [0.4, 0.5) is 11.7 Å². The van der Waals surface area contributed by atoms with Crippen LogP contribution in [0.5, 0.6) is 0 Å². The Morgan fingerprint density at radius 3 is 2.57 bits per heavy atom. The summed E-state index contributed by atoms with van der Waals surface area (Å²) >= 11 is 0. The van der Waals surface area contributed by atoms with Crippen molar-refractivity contribution in [2.75, 3.05) is 11.1 Å². The first kappa shape index (κ1) is 13.6. The third-order valence-corrected chi connectivity index (χ3v) is 3.79. The number of nitrogen functional groups attached to an aromatic ring is 1. The average Bonchev–Trinajstić information content (AvgIpc) is 3.20. The highest BCUT2D eigenvalue weighted by Gasteiger charge is 2.33. The maximum atomic E-state index is 12.4. The lowest BCUT2D eigenvalue weighted by Crippen LogP contribution is -2.34. The Balaban J connectivity index is 1.74. The molecule has 110 valence electrons. The molecule has 1 aliphatic carbocycles. The van der Waals surface area contributed by atoms with Crippen LogP contribution in [0.15, 0.2) is 28.7 Å². The monoisotopic (exact) mass is 286 g/mol. The number of benzene rings is 1. The average molecular weight is 286 g/mol. The second kappa shape index (κ2) is 4.87. The number of nitrogens with zero attached hydrogens (tertiary/aromatic N) is 2. The lowest BCUT2D eigenvalue weighted by Gasteiger charge is -2.23. The lowest BCUT2D eigenvalue weighted by molar-refractivity contribution is -0.120. The van der Waals surface area contributed by atoms with E-state index in [4.69, 9.17) is 10.2 Å². The second-order valence-corrected chi connectivity index (χ2v) is 5.92. The van der Waals surface area contributed by atoms with Crippen LogP contribution in [0.2, 0.25) is 0 Å². The van der Waals surface area contributed by atoms with Crippen molar-refractivity contribution in [1.29, 1.82) is 0 Å². The molecule has 0 spiro atoms. The molecule has 6 nitrogen and oxygen atoms in total. The van der Waals surface area contributed by atoms with Crippen LogP contribution in [-0.2, 0) is 10.2 Å². The van der Waals surface area contributed by atoms with Crippen LogP contribution in [0.3, 0.4) is 0 Å². The first-order valence-corrected chi connectivity index (χ1v) is 6.97. The molecule has 2 aromatic rings. The van der Waals surface area contributed by atoms with E-state index in [1.165, 1.54) is 0 Å². The molecule has 0 unspecified atom stereocenters. The summed E-state index contributed by atoms with van der Waals surface area (Å²) in [4.78, 5) is 12.4. The molecule has 1 aliphatic rings. The summed E-state index contributed by atoms with van der Waals surface area (Å²) < 4.78 is 5.45. The molecule has 1 heterocycles. The molecule has 0 aliphatic heterocycles. The van der Waals surface area contributed by atoms with Crippen molar-refractivity contribution in [2.24, 2.45) is 0 Å². The summed E-state index contributed by atoms with van der Waals surface area (Å²) in [6.45, 7) is 3.68. The summed E-state index contributed by atoms with van der Waals surface area (Å²) in [5.74, 6) is 0.780. The molecular weight excluding hydrogens is 268 g/mol. The first-order valence-electron chi connectivity index (χ1n) is 6.97. The van der Waals surface area contributed by atoms with Crippen LogP contribution in [0.1, 0.15) is 44.1 Å². The highest BCUT2D eigenvalue weighted by molar-refractivity contribution is 5.97. The van der Waals surface area contributed by atoms with Gasteiger partial charge in [-0.05, 0) is 44.4 Å². The van der Waals surface area contributed by atoms with Crippen molar-refractivity contribution in [3.8, 4) is 0 Å². The van der Waals surface area contributed by atoms with Gasteiger partial charge in [-0.15, -0.1) is 5.10 Å². The molecule has 0 bridgehead atoms. The molecule has 1 saturated carbocycles. The molecule has 0 atom stereocenters. The molecule has 3 N–H and O–H groups in total. The molecule has 1 amide bonds. The van der Waals surface area contributed by atoms with Gasteiger partial charge in [-0.25, -0.2) is 0 Å². The number of hydrogen-bond acceptors (Lipinski definition) is 5. The van der Waals surface area contributed by atoms with Gasteiger partial charge in [-0.2, -0.15) is 0 Å². The van der Waals surface area contributed by atoms with E-state index in [9.17, 15) is 4.79 Å². The van der Waals surface area contributed by atoms with Crippen LogP contribution in [0, 0.1) is 0 Å². The first-order chi connectivity index (χ1) is 9.96. The fourth-order valence-electron chi connectivity index (χ4n) is 2.06. The van der Waals surface area contributed by atoms with Crippen LogP contribution >= 0.6 is 0 Å². The minimum absolute atomic E-state index is 0.158.